The van der Waals surface area contributed by atoms with Crippen molar-refractivity contribution in [3.63, 3.8) is 0 Å². The highest BCUT2D eigenvalue weighted by Gasteiger charge is 2.15. The Kier molecular flexibility index (Phi) is 4.66. The fraction of sp³-hybridized carbons (Fsp3) is 0.125. The lowest BCUT2D eigenvalue weighted by atomic mass is 10.2. The zero-order valence-electron chi connectivity index (χ0n) is 12.4. The number of benzene rings is 1. The van der Waals surface area contributed by atoms with Crippen molar-refractivity contribution in [1.29, 1.82) is 0 Å². The van der Waals surface area contributed by atoms with E-state index in [1.807, 2.05) is 30.3 Å². The number of thiophene rings is 1. The number of carboxylic acids is 1. The molecule has 3 rings (SSSR count). The number of aryl methyl sites for hydroxylation is 1. The van der Waals surface area contributed by atoms with Crippen LogP contribution in [0.15, 0.2) is 45.6 Å². The quantitative estimate of drug-likeness (QED) is 0.712. The van der Waals surface area contributed by atoms with Crippen molar-refractivity contribution in [2.45, 2.75) is 12.8 Å². The van der Waals surface area contributed by atoms with Crippen molar-refractivity contribution in [2.75, 3.05) is 5.32 Å². The summed E-state index contributed by atoms with van der Waals surface area (Å²) in [6, 6.07) is 9.38. The first kappa shape index (κ1) is 15.9. The standard InChI is InChI=1S/C16H13N3O4S/c20-13(17-12-9-24-8-11(12)16(21)22)6-7-14-18-15(19-23-14)10-4-2-1-3-5-10/h1-5,8-9H,6-7H2,(H,17,20)(H,21,22). The molecule has 0 spiro atoms. The molecule has 0 atom stereocenters. The molecule has 1 aromatic carbocycles. The third kappa shape index (κ3) is 3.66. The predicted octanol–water partition coefficient (Wildman–Crippen LogP) is 3.07. The Balaban J connectivity index is 1.58. The van der Waals surface area contributed by atoms with Crippen LogP contribution in [0.1, 0.15) is 22.7 Å². The van der Waals surface area contributed by atoms with Crippen LogP contribution >= 0.6 is 11.3 Å². The van der Waals surface area contributed by atoms with Crippen LogP contribution in [0.5, 0.6) is 0 Å². The monoisotopic (exact) mass is 343 g/mol. The molecule has 8 heteroatoms. The minimum Gasteiger partial charge on any atom is -0.478 e. The van der Waals surface area contributed by atoms with Crippen molar-refractivity contribution in [1.82, 2.24) is 10.1 Å². The van der Waals surface area contributed by atoms with Gasteiger partial charge in [0, 0.05) is 29.2 Å². The third-order valence-electron chi connectivity index (χ3n) is 3.23. The normalized spacial score (nSPS) is 10.5. The first-order chi connectivity index (χ1) is 11.6. The molecule has 0 aliphatic carbocycles. The van der Waals surface area contributed by atoms with Crippen molar-refractivity contribution >= 4 is 28.9 Å². The van der Waals surface area contributed by atoms with E-state index in [4.69, 9.17) is 9.63 Å². The van der Waals surface area contributed by atoms with Gasteiger partial charge in [-0.3, -0.25) is 4.79 Å². The Hall–Kier alpha value is -3.00. The first-order valence-electron chi connectivity index (χ1n) is 7.11. The van der Waals surface area contributed by atoms with E-state index in [-0.39, 0.29) is 24.3 Å². The van der Waals surface area contributed by atoms with Crippen LogP contribution < -0.4 is 5.32 Å². The predicted molar refractivity (Wildman–Crippen MR) is 88.0 cm³/mol. The number of hydrogen-bond acceptors (Lipinski definition) is 6. The Morgan fingerprint density at radius 3 is 2.75 bits per heavy atom. The lowest BCUT2D eigenvalue weighted by Crippen LogP contribution is -2.14. The Morgan fingerprint density at radius 2 is 2.00 bits per heavy atom. The smallest absolute Gasteiger partial charge is 0.338 e. The van der Waals surface area contributed by atoms with Gasteiger partial charge in [-0.25, -0.2) is 4.79 Å². The summed E-state index contributed by atoms with van der Waals surface area (Å²) in [5, 5.41) is 18.5. The van der Waals surface area contributed by atoms with Crippen LogP contribution in [0, 0.1) is 0 Å². The SMILES string of the molecule is O=C(CCc1nc(-c2ccccc2)no1)Nc1cscc1C(=O)O. The highest BCUT2D eigenvalue weighted by atomic mass is 32.1. The van der Waals surface area contributed by atoms with Crippen LogP contribution in [-0.4, -0.2) is 27.1 Å². The molecule has 0 unspecified atom stereocenters. The summed E-state index contributed by atoms with van der Waals surface area (Å²) in [4.78, 5) is 27.2. The average molecular weight is 343 g/mol. The highest BCUT2D eigenvalue weighted by molar-refractivity contribution is 7.08. The summed E-state index contributed by atoms with van der Waals surface area (Å²) in [6.45, 7) is 0. The molecule has 0 bridgehead atoms. The van der Waals surface area contributed by atoms with Gasteiger partial charge in [0.1, 0.15) is 0 Å². The number of carbonyl (C=O) groups is 2. The van der Waals surface area contributed by atoms with E-state index in [0.29, 0.717) is 17.4 Å². The number of aromatic carboxylic acids is 1. The average Bonchev–Trinajstić information content (AvgIpc) is 3.23. The Bertz CT molecular complexity index is 857. The molecule has 2 heterocycles. The Morgan fingerprint density at radius 1 is 1.21 bits per heavy atom. The zero-order valence-corrected chi connectivity index (χ0v) is 13.2. The van der Waals surface area contributed by atoms with Crippen molar-refractivity contribution in [3.8, 4) is 11.4 Å². The van der Waals surface area contributed by atoms with Crippen LogP contribution in [0.4, 0.5) is 5.69 Å². The number of carbonyl (C=O) groups excluding carboxylic acids is 1. The van der Waals surface area contributed by atoms with Gasteiger partial charge in [0.05, 0.1) is 11.3 Å². The highest BCUT2D eigenvalue weighted by Crippen LogP contribution is 2.21. The molecule has 0 aliphatic heterocycles. The topological polar surface area (TPSA) is 105 Å². The number of hydrogen-bond donors (Lipinski definition) is 2. The largest absolute Gasteiger partial charge is 0.478 e. The van der Waals surface area contributed by atoms with Gasteiger partial charge in [0.15, 0.2) is 0 Å². The number of nitrogens with one attached hydrogen (secondary N) is 1. The summed E-state index contributed by atoms with van der Waals surface area (Å²) in [5.74, 6) is -0.559. The molecule has 0 aliphatic rings. The lowest BCUT2D eigenvalue weighted by molar-refractivity contribution is -0.116. The van der Waals surface area contributed by atoms with Crippen LogP contribution in [0.25, 0.3) is 11.4 Å². The second-order valence-corrected chi connectivity index (χ2v) is 5.67. The van der Waals surface area contributed by atoms with Crippen molar-refractivity contribution in [2.24, 2.45) is 0 Å². The van der Waals surface area contributed by atoms with E-state index in [9.17, 15) is 9.59 Å². The minimum absolute atomic E-state index is 0.0810. The number of amides is 1. The maximum atomic E-state index is 11.9. The minimum atomic E-state index is -1.07. The number of rotatable bonds is 6. The Labute approximate surface area is 140 Å². The van der Waals surface area contributed by atoms with E-state index in [1.165, 1.54) is 16.7 Å². The summed E-state index contributed by atoms with van der Waals surface area (Å²) in [5.41, 5.74) is 1.21. The molecule has 0 saturated heterocycles. The fourth-order valence-electron chi connectivity index (χ4n) is 2.05. The lowest BCUT2D eigenvalue weighted by Gasteiger charge is -2.03. The maximum absolute atomic E-state index is 11.9. The molecule has 0 fully saturated rings. The molecular formula is C16H13N3O4S. The molecule has 0 saturated carbocycles. The van der Waals surface area contributed by atoms with E-state index >= 15 is 0 Å². The van der Waals surface area contributed by atoms with Crippen molar-refractivity contribution in [3.05, 3.63) is 52.5 Å². The van der Waals surface area contributed by atoms with Gasteiger partial charge in [0.2, 0.25) is 17.6 Å². The summed E-state index contributed by atoms with van der Waals surface area (Å²) < 4.78 is 5.13. The number of aromatic nitrogens is 2. The molecule has 3 aromatic rings. The molecule has 122 valence electrons. The second kappa shape index (κ2) is 7.05. The van der Waals surface area contributed by atoms with Crippen molar-refractivity contribution < 1.29 is 19.2 Å². The van der Waals surface area contributed by atoms with E-state index in [0.717, 1.165) is 5.56 Å². The molecular weight excluding hydrogens is 330 g/mol. The van der Waals surface area contributed by atoms with Crippen LogP contribution in [0.3, 0.4) is 0 Å². The molecule has 1 amide bonds. The molecule has 2 aromatic heterocycles. The first-order valence-corrected chi connectivity index (χ1v) is 8.05. The van der Waals surface area contributed by atoms with E-state index in [2.05, 4.69) is 15.5 Å². The van der Waals surface area contributed by atoms with Gasteiger partial charge in [-0.1, -0.05) is 35.5 Å². The van der Waals surface area contributed by atoms with Gasteiger partial charge < -0.3 is 14.9 Å². The van der Waals surface area contributed by atoms with E-state index in [1.54, 1.807) is 5.38 Å². The van der Waals surface area contributed by atoms with Crippen LogP contribution in [0.2, 0.25) is 0 Å². The number of anilines is 1. The van der Waals surface area contributed by atoms with Crippen LogP contribution in [-0.2, 0) is 11.2 Å². The number of nitrogens with zero attached hydrogens (tertiary/aromatic N) is 2. The maximum Gasteiger partial charge on any atom is 0.338 e. The third-order valence-corrected chi connectivity index (χ3v) is 3.98. The molecule has 2 N–H and O–H groups in total. The molecule has 24 heavy (non-hydrogen) atoms. The zero-order chi connectivity index (χ0) is 16.9. The van der Waals surface area contributed by atoms with Gasteiger partial charge in [0.25, 0.3) is 0 Å². The molecule has 7 nitrogen and oxygen atoms in total. The van der Waals surface area contributed by atoms with Gasteiger partial charge in [-0.05, 0) is 0 Å². The van der Waals surface area contributed by atoms with E-state index < -0.39 is 5.97 Å². The summed E-state index contributed by atoms with van der Waals surface area (Å²) in [7, 11) is 0. The summed E-state index contributed by atoms with van der Waals surface area (Å²) >= 11 is 1.22. The number of carboxylic acid groups (broad SMARTS) is 1. The fourth-order valence-corrected chi connectivity index (χ4v) is 2.81. The second-order valence-electron chi connectivity index (χ2n) is 4.93. The van der Waals surface area contributed by atoms with Gasteiger partial charge in [-0.15, -0.1) is 11.3 Å². The molecule has 0 radical (unpaired) electrons. The summed E-state index contributed by atoms with van der Waals surface area (Å²) in [6.07, 6.45) is 0.392. The van der Waals surface area contributed by atoms with Gasteiger partial charge in [-0.2, -0.15) is 4.98 Å². The van der Waals surface area contributed by atoms with Gasteiger partial charge >= 0.3 is 5.97 Å².